The second-order valence-electron chi connectivity index (χ2n) is 3.61. The fraction of sp³-hybridized carbons (Fsp3) is 0.455. The minimum atomic E-state index is -0.613. The van der Waals surface area contributed by atoms with Crippen LogP contribution < -0.4 is 10.6 Å². The molecule has 0 bridgehead atoms. The third-order valence-electron chi connectivity index (χ3n) is 2.21. The van der Waals surface area contributed by atoms with Crippen LogP contribution in [0.3, 0.4) is 0 Å². The lowest BCUT2D eigenvalue weighted by atomic mass is 10.3. The largest absolute Gasteiger partial charge is 0.369 e. The number of pyridine rings is 1. The Hall–Kier alpha value is -2.20. The summed E-state index contributed by atoms with van der Waals surface area (Å²) in [7, 11) is 0. The maximum absolute atomic E-state index is 10.6. The van der Waals surface area contributed by atoms with Crippen molar-refractivity contribution in [1.82, 2.24) is 10.3 Å². The predicted octanol–water partition coefficient (Wildman–Crippen LogP) is 1.27. The molecule has 0 spiro atoms. The van der Waals surface area contributed by atoms with Gasteiger partial charge in [0.15, 0.2) is 0 Å². The molecule has 18 heavy (non-hydrogen) atoms. The molecule has 0 fully saturated rings. The van der Waals surface area contributed by atoms with Gasteiger partial charge in [-0.05, 0) is 19.0 Å². The van der Waals surface area contributed by atoms with E-state index in [1.54, 1.807) is 6.07 Å². The molecule has 1 aromatic heterocycles. The number of rotatable bonds is 7. The Morgan fingerprint density at radius 2 is 2.22 bits per heavy atom. The Morgan fingerprint density at radius 3 is 2.83 bits per heavy atom. The first-order chi connectivity index (χ1) is 8.69. The van der Waals surface area contributed by atoms with Crippen LogP contribution in [0, 0.1) is 21.4 Å². The molecule has 0 unspecified atom stereocenters. The molecule has 0 atom stereocenters. The number of nitrogens with one attached hydrogen (secondary N) is 2. The zero-order valence-electron chi connectivity index (χ0n) is 10.1. The molecule has 0 aliphatic rings. The molecule has 0 aliphatic carbocycles. The molecule has 7 nitrogen and oxygen atoms in total. The summed E-state index contributed by atoms with van der Waals surface area (Å²) in [4.78, 5) is 13.9. The van der Waals surface area contributed by atoms with E-state index in [1.165, 1.54) is 12.1 Å². The average molecular weight is 249 g/mol. The van der Waals surface area contributed by atoms with Gasteiger partial charge < -0.3 is 10.6 Å². The summed E-state index contributed by atoms with van der Waals surface area (Å²) in [5.74, 6) is 0.468. The van der Waals surface area contributed by atoms with Crippen molar-refractivity contribution in [2.45, 2.75) is 13.3 Å². The van der Waals surface area contributed by atoms with Crippen molar-refractivity contribution in [2.24, 2.45) is 0 Å². The number of anilines is 1. The van der Waals surface area contributed by atoms with E-state index in [2.05, 4.69) is 22.5 Å². The molecule has 1 rings (SSSR count). The third-order valence-corrected chi connectivity index (χ3v) is 2.21. The van der Waals surface area contributed by atoms with Crippen molar-refractivity contribution >= 4 is 11.5 Å². The van der Waals surface area contributed by atoms with Crippen LogP contribution in [0.1, 0.15) is 19.0 Å². The van der Waals surface area contributed by atoms with Crippen molar-refractivity contribution < 1.29 is 4.92 Å². The number of hydrogen-bond donors (Lipinski definition) is 2. The van der Waals surface area contributed by atoms with Crippen molar-refractivity contribution in [2.75, 3.05) is 25.0 Å². The molecule has 0 amide bonds. The fourth-order valence-electron chi connectivity index (χ4n) is 1.36. The molecule has 1 heterocycles. The highest BCUT2D eigenvalue weighted by atomic mass is 16.6. The highest BCUT2D eigenvalue weighted by molar-refractivity contribution is 5.50. The van der Waals surface area contributed by atoms with Gasteiger partial charge in [0.1, 0.15) is 11.9 Å². The quantitative estimate of drug-likeness (QED) is 0.428. The lowest BCUT2D eigenvalue weighted by Gasteiger charge is -2.06. The topological polar surface area (TPSA) is 104 Å². The van der Waals surface area contributed by atoms with Gasteiger partial charge in [-0.25, -0.2) is 4.98 Å². The van der Waals surface area contributed by atoms with Crippen LogP contribution in [-0.4, -0.2) is 29.5 Å². The Kier molecular flexibility index (Phi) is 5.54. The van der Waals surface area contributed by atoms with Gasteiger partial charge in [-0.2, -0.15) is 5.26 Å². The monoisotopic (exact) mass is 249 g/mol. The highest BCUT2D eigenvalue weighted by Crippen LogP contribution is 2.17. The van der Waals surface area contributed by atoms with Crippen molar-refractivity contribution in [3.05, 3.63) is 27.9 Å². The molecule has 0 aromatic carbocycles. The molecule has 7 heteroatoms. The summed E-state index contributed by atoms with van der Waals surface area (Å²) in [6, 6.07) is 4.50. The highest BCUT2D eigenvalue weighted by Gasteiger charge is 2.15. The van der Waals surface area contributed by atoms with E-state index in [0.29, 0.717) is 12.4 Å². The first-order valence-corrected chi connectivity index (χ1v) is 5.69. The lowest BCUT2D eigenvalue weighted by Crippen LogP contribution is -2.23. The van der Waals surface area contributed by atoms with Crippen LogP contribution in [0.5, 0.6) is 0 Å². The first kappa shape index (κ1) is 13.9. The van der Waals surface area contributed by atoms with E-state index < -0.39 is 4.92 Å². The van der Waals surface area contributed by atoms with Gasteiger partial charge in [0.25, 0.3) is 0 Å². The minimum absolute atomic E-state index is 0.175. The van der Waals surface area contributed by atoms with Gasteiger partial charge in [0.2, 0.25) is 5.69 Å². The Labute approximate surface area is 105 Å². The van der Waals surface area contributed by atoms with E-state index in [-0.39, 0.29) is 11.4 Å². The van der Waals surface area contributed by atoms with Gasteiger partial charge in [-0.15, -0.1) is 0 Å². The van der Waals surface area contributed by atoms with Crippen LogP contribution in [0.4, 0.5) is 11.5 Å². The Morgan fingerprint density at radius 1 is 1.44 bits per heavy atom. The summed E-state index contributed by atoms with van der Waals surface area (Å²) in [6.07, 6.45) is 1.06. The number of nitro groups is 1. The van der Waals surface area contributed by atoms with Gasteiger partial charge in [0, 0.05) is 19.2 Å². The van der Waals surface area contributed by atoms with E-state index in [9.17, 15) is 10.1 Å². The van der Waals surface area contributed by atoms with Crippen LogP contribution in [0.2, 0.25) is 0 Å². The Balaban J connectivity index is 2.58. The van der Waals surface area contributed by atoms with Gasteiger partial charge in [-0.3, -0.25) is 10.1 Å². The van der Waals surface area contributed by atoms with Gasteiger partial charge >= 0.3 is 5.69 Å². The van der Waals surface area contributed by atoms with Gasteiger partial charge in [-0.1, -0.05) is 6.92 Å². The normalized spacial score (nSPS) is 9.78. The number of nitrogens with zero attached hydrogens (tertiary/aromatic N) is 3. The molecule has 96 valence electrons. The maximum Gasteiger partial charge on any atom is 0.305 e. The summed E-state index contributed by atoms with van der Waals surface area (Å²) >= 11 is 0. The van der Waals surface area contributed by atoms with Crippen LogP contribution >= 0.6 is 0 Å². The molecule has 0 saturated carbocycles. The first-order valence-electron chi connectivity index (χ1n) is 5.69. The van der Waals surface area contributed by atoms with E-state index in [4.69, 9.17) is 5.26 Å². The van der Waals surface area contributed by atoms with Crippen LogP contribution in [0.15, 0.2) is 12.1 Å². The fourth-order valence-corrected chi connectivity index (χ4v) is 1.36. The zero-order valence-corrected chi connectivity index (χ0v) is 10.1. The lowest BCUT2D eigenvalue weighted by molar-refractivity contribution is -0.385. The predicted molar refractivity (Wildman–Crippen MR) is 67.3 cm³/mol. The standard InChI is InChI=1S/C11H15N5O2/c1-2-5-13-6-7-14-11-4-3-10(16(17)18)9(8-12)15-11/h3-4,13H,2,5-7H2,1H3,(H,14,15). The molecule has 1 aromatic rings. The SMILES string of the molecule is CCCNCCNc1ccc([N+](=O)[O-])c(C#N)n1. The van der Waals surface area contributed by atoms with Crippen molar-refractivity contribution in [3.63, 3.8) is 0 Å². The Bertz CT molecular complexity index is 455. The molecule has 0 aliphatic heterocycles. The molecular weight excluding hydrogens is 234 g/mol. The summed E-state index contributed by atoms with van der Waals surface area (Å²) in [5.41, 5.74) is -0.446. The molecular formula is C11H15N5O2. The van der Waals surface area contributed by atoms with E-state index in [0.717, 1.165) is 19.5 Å². The average Bonchev–Trinajstić information content (AvgIpc) is 2.38. The summed E-state index contributed by atoms with van der Waals surface area (Å²) in [6.45, 7) is 4.44. The zero-order chi connectivity index (χ0) is 13.4. The molecule has 0 radical (unpaired) electrons. The number of aromatic nitrogens is 1. The van der Waals surface area contributed by atoms with E-state index in [1.807, 2.05) is 0 Å². The molecule has 2 N–H and O–H groups in total. The smallest absolute Gasteiger partial charge is 0.305 e. The summed E-state index contributed by atoms with van der Waals surface area (Å²) in [5, 5.41) is 25.6. The van der Waals surface area contributed by atoms with Crippen LogP contribution in [0.25, 0.3) is 0 Å². The minimum Gasteiger partial charge on any atom is -0.369 e. The summed E-state index contributed by atoms with van der Waals surface area (Å²) < 4.78 is 0. The second kappa shape index (κ2) is 7.19. The third kappa shape index (κ3) is 3.99. The van der Waals surface area contributed by atoms with Gasteiger partial charge in [0.05, 0.1) is 4.92 Å². The van der Waals surface area contributed by atoms with E-state index >= 15 is 0 Å². The number of hydrogen-bond acceptors (Lipinski definition) is 6. The molecule has 0 saturated heterocycles. The second-order valence-corrected chi connectivity index (χ2v) is 3.61. The number of nitriles is 1. The van der Waals surface area contributed by atoms with Crippen molar-refractivity contribution in [1.29, 1.82) is 5.26 Å². The van der Waals surface area contributed by atoms with Crippen LogP contribution in [-0.2, 0) is 0 Å². The maximum atomic E-state index is 10.6. The van der Waals surface area contributed by atoms with Crippen molar-refractivity contribution in [3.8, 4) is 6.07 Å².